The largest absolute Gasteiger partial charge is 0.314 e. The summed E-state index contributed by atoms with van der Waals surface area (Å²) in [6.07, 6.45) is 5.33. The topological polar surface area (TPSA) is 12.0 Å². The first-order valence-electron chi connectivity index (χ1n) is 6.81. The predicted molar refractivity (Wildman–Crippen MR) is 76.6 cm³/mol. The maximum Gasteiger partial charge on any atom is 0.00683 e. The molecule has 1 N–H and O–H groups in total. The molecule has 1 aromatic rings. The molecule has 1 fully saturated rings. The molecule has 0 radical (unpaired) electrons. The molecule has 1 unspecified atom stereocenters. The van der Waals surface area contributed by atoms with E-state index in [-0.39, 0.29) is 0 Å². The monoisotopic (exact) mass is 251 g/mol. The summed E-state index contributed by atoms with van der Waals surface area (Å²) in [6, 6.07) is 5.26. The first-order chi connectivity index (χ1) is 8.05. The van der Waals surface area contributed by atoms with Crippen LogP contribution in [0.3, 0.4) is 0 Å². The van der Waals surface area contributed by atoms with Gasteiger partial charge in [0.2, 0.25) is 0 Å². The van der Waals surface area contributed by atoms with Crippen LogP contribution in [0, 0.1) is 11.3 Å². The Kier molecular flexibility index (Phi) is 4.26. The maximum absolute atomic E-state index is 3.70. The number of hydrogen-bond acceptors (Lipinski definition) is 2. The van der Waals surface area contributed by atoms with Gasteiger partial charge >= 0.3 is 0 Å². The zero-order chi connectivity index (χ0) is 12.3. The number of rotatable bonds is 6. The highest BCUT2D eigenvalue weighted by atomic mass is 32.1. The van der Waals surface area contributed by atoms with Crippen molar-refractivity contribution in [1.29, 1.82) is 0 Å². The van der Waals surface area contributed by atoms with E-state index in [1.54, 1.807) is 0 Å². The molecule has 1 atom stereocenters. The van der Waals surface area contributed by atoms with Crippen LogP contribution < -0.4 is 5.32 Å². The molecular formula is C15H25NS. The van der Waals surface area contributed by atoms with E-state index in [1.807, 2.05) is 11.3 Å². The van der Waals surface area contributed by atoms with Crippen molar-refractivity contribution in [2.45, 2.75) is 52.5 Å². The minimum atomic E-state index is 0.416. The molecule has 0 bridgehead atoms. The smallest absolute Gasteiger partial charge is 0.00683 e. The van der Waals surface area contributed by atoms with E-state index in [0.29, 0.717) is 5.41 Å². The molecule has 0 amide bonds. The van der Waals surface area contributed by atoms with Crippen molar-refractivity contribution in [1.82, 2.24) is 5.32 Å². The second-order valence-electron chi connectivity index (χ2n) is 6.36. The average molecular weight is 251 g/mol. The van der Waals surface area contributed by atoms with Gasteiger partial charge in [-0.15, -0.1) is 11.3 Å². The van der Waals surface area contributed by atoms with Crippen LogP contribution >= 0.6 is 11.3 Å². The van der Waals surface area contributed by atoms with E-state index in [2.05, 4.69) is 43.6 Å². The lowest BCUT2D eigenvalue weighted by molar-refractivity contribution is 0.218. The third-order valence-corrected chi connectivity index (χ3v) is 4.71. The van der Waals surface area contributed by atoms with Crippen LogP contribution in [0.2, 0.25) is 0 Å². The van der Waals surface area contributed by atoms with Gasteiger partial charge in [-0.1, -0.05) is 26.8 Å². The van der Waals surface area contributed by atoms with E-state index in [0.717, 1.165) is 12.0 Å². The van der Waals surface area contributed by atoms with Gasteiger partial charge in [-0.05, 0) is 55.0 Å². The molecule has 2 rings (SSSR count). The van der Waals surface area contributed by atoms with Crippen LogP contribution in [-0.2, 0) is 6.42 Å². The molecule has 1 aliphatic carbocycles. The van der Waals surface area contributed by atoms with Gasteiger partial charge in [0.1, 0.15) is 0 Å². The number of thiophene rings is 1. The molecule has 17 heavy (non-hydrogen) atoms. The third kappa shape index (κ3) is 4.44. The standard InChI is InChI=1S/C15H25NS/c1-15(2,3)12(11-16-13-7-8-13)6-9-14-5-4-10-17-14/h4-5,10,12-13,16H,6-9,11H2,1-3H3. The Morgan fingerprint density at radius 3 is 2.71 bits per heavy atom. The molecule has 1 aliphatic rings. The van der Waals surface area contributed by atoms with Crippen LogP contribution in [0.4, 0.5) is 0 Å². The van der Waals surface area contributed by atoms with Crippen molar-refractivity contribution in [2.75, 3.05) is 6.54 Å². The molecule has 1 nitrogen and oxygen atoms in total. The van der Waals surface area contributed by atoms with Crippen molar-refractivity contribution in [3.05, 3.63) is 22.4 Å². The number of aryl methyl sites for hydroxylation is 1. The summed E-state index contributed by atoms with van der Waals surface area (Å²) in [5.41, 5.74) is 0.416. The van der Waals surface area contributed by atoms with E-state index >= 15 is 0 Å². The highest BCUT2D eigenvalue weighted by molar-refractivity contribution is 7.09. The summed E-state index contributed by atoms with van der Waals surface area (Å²) in [4.78, 5) is 1.53. The van der Waals surface area contributed by atoms with Gasteiger partial charge in [-0.2, -0.15) is 0 Å². The van der Waals surface area contributed by atoms with Crippen molar-refractivity contribution in [2.24, 2.45) is 11.3 Å². The number of hydrogen-bond donors (Lipinski definition) is 1. The second kappa shape index (κ2) is 5.53. The highest BCUT2D eigenvalue weighted by Crippen LogP contribution is 2.31. The van der Waals surface area contributed by atoms with Crippen molar-refractivity contribution in [3.8, 4) is 0 Å². The van der Waals surface area contributed by atoms with E-state index in [1.165, 1.54) is 37.1 Å². The van der Waals surface area contributed by atoms with Crippen molar-refractivity contribution >= 4 is 11.3 Å². The van der Waals surface area contributed by atoms with Gasteiger partial charge in [-0.25, -0.2) is 0 Å². The Labute approximate surface area is 110 Å². The zero-order valence-corrected chi connectivity index (χ0v) is 12.1. The normalized spacial score (nSPS) is 18.3. The Bertz CT molecular complexity index is 319. The third-order valence-electron chi connectivity index (χ3n) is 3.77. The van der Waals surface area contributed by atoms with Gasteiger partial charge in [0, 0.05) is 10.9 Å². The fraction of sp³-hybridized carbons (Fsp3) is 0.733. The van der Waals surface area contributed by atoms with Crippen LogP contribution in [0.5, 0.6) is 0 Å². The lowest BCUT2D eigenvalue weighted by Gasteiger charge is -2.31. The van der Waals surface area contributed by atoms with Gasteiger partial charge in [0.05, 0.1) is 0 Å². The molecule has 0 aromatic carbocycles. The molecule has 96 valence electrons. The molecule has 1 saturated carbocycles. The minimum Gasteiger partial charge on any atom is -0.314 e. The van der Waals surface area contributed by atoms with E-state index in [4.69, 9.17) is 0 Å². The Hall–Kier alpha value is -0.340. The molecule has 0 spiro atoms. The summed E-state index contributed by atoms with van der Waals surface area (Å²) < 4.78 is 0. The Morgan fingerprint density at radius 1 is 1.41 bits per heavy atom. The van der Waals surface area contributed by atoms with Crippen molar-refractivity contribution in [3.63, 3.8) is 0 Å². The van der Waals surface area contributed by atoms with Crippen LogP contribution in [0.1, 0.15) is 44.9 Å². The first kappa shape index (κ1) is 13.1. The first-order valence-corrected chi connectivity index (χ1v) is 7.69. The van der Waals surface area contributed by atoms with Crippen LogP contribution in [0.15, 0.2) is 17.5 Å². The van der Waals surface area contributed by atoms with Crippen molar-refractivity contribution < 1.29 is 0 Å². The highest BCUT2D eigenvalue weighted by Gasteiger charge is 2.27. The summed E-state index contributed by atoms with van der Waals surface area (Å²) >= 11 is 1.89. The Balaban J connectivity index is 1.81. The Morgan fingerprint density at radius 2 is 2.18 bits per heavy atom. The summed E-state index contributed by atoms with van der Waals surface area (Å²) in [5, 5.41) is 5.88. The zero-order valence-electron chi connectivity index (χ0n) is 11.3. The molecule has 0 saturated heterocycles. The minimum absolute atomic E-state index is 0.416. The lowest BCUT2D eigenvalue weighted by atomic mass is 9.78. The molecule has 1 aromatic heterocycles. The van der Waals surface area contributed by atoms with E-state index < -0.39 is 0 Å². The van der Waals surface area contributed by atoms with Gasteiger partial charge < -0.3 is 5.32 Å². The van der Waals surface area contributed by atoms with Gasteiger partial charge in [0.25, 0.3) is 0 Å². The molecule has 0 aliphatic heterocycles. The van der Waals surface area contributed by atoms with Gasteiger partial charge in [0.15, 0.2) is 0 Å². The predicted octanol–water partition coefficient (Wildman–Crippen LogP) is 4.10. The maximum atomic E-state index is 3.70. The summed E-state index contributed by atoms with van der Waals surface area (Å²) in [7, 11) is 0. The molecule has 1 heterocycles. The van der Waals surface area contributed by atoms with E-state index in [9.17, 15) is 0 Å². The fourth-order valence-electron chi connectivity index (χ4n) is 2.21. The van der Waals surface area contributed by atoms with Crippen LogP contribution in [-0.4, -0.2) is 12.6 Å². The molecule has 2 heteroatoms. The summed E-state index contributed by atoms with van der Waals surface area (Å²) in [5.74, 6) is 0.783. The van der Waals surface area contributed by atoms with Crippen LogP contribution in [0.25, 0.3) is 0 Å². The number of nitrogens with one attached hydrogen (secondary N) is 1. The van der Waals surface area contributed by atoms with Gasteiger partial charge in [-0.3, -0.25) is 0 Å². The fourth-order valence-corrected chi connectivity index (χ4v) is 2.93. The SMILES string of the molecule is CC(C)(C)C(CCc1cccs1)CNC1CC1. The summed E-state index contributed by atoms with van der Waals surface area (Å²) in [6.45, 7) is 8.32. The molecular weight excluding hydrogens is 226 g/mol. The lowest BCUT2D eigenvalue weighted by Crippen LogP contribution is -2.33. The second-order valence-corrected chi connectivity index (χ2v) is 7.40. The average Bonchev–Trinajstić information content (AvgIpc) is 2.91. The quantitative estimate of drug-likeness (QED) is 0.803.